The van der Waals surface area contributed by atoms with Gasteiger partial charge in [0.2, 0.25) is 0 Å². The zero-order chi connectivity index (χ0) is 10.7. The van der Waals surface area contributed by atoms with Crippen molar-refractivity contribution in [2.24, 2.45) is 0 Å². The van der Waals surface area contributed by atoms with Crippen molar-refractivity contribution < 1.29 is 13.5 Å². The van der Waals surface area contributed by atoms with Crippen LogP contribution in [0.5, 0.6) is 5.75 Å². The molecule has 2 rings (SSSR count). The van der Waals surface area contributed by atoms with Crippen LogP contribution in [-0.4, -0.2) is 19.2 Å². The molecule has 82 valence electrons. The van der Waals surface area contributed by atoms with E-state index >= 15 is 0 Å². The zero-order valence-electron chi connectivity index (χ0n) is 8.30. The average Bonchev–Trinajstić information content (AvgIpc) is 2.24. The highest BCUT2D eigenvalue weighted by molar-refractivity contribution is 5.25. The van der Waals surface area contributed by atoms with E-state index in [0.29, 0.717) is 0 Å². The number of piperidine rings is 1. The zero-order valence-corrected chi connectivity index (χ0v) is 8.30. The summed E-state index contributed by atoms with van der Waals surface area (Å²) in [5, 5.41) is 3.16. The maximum absolute atomic E-state index is 13.2. The van der Waals surface area contributed by atoms with E-state index in [0.717, 1.165) is 32.0 Å². The summed E-state index contributed by atoms with van der Waals surface area (Å²) in [7, 11) is 0. The largest absolute Gasteiger partial charge is 0.486 e. The first-order chi connectivity index (χ1) is 7.25. The van der Waals surface area contributed by atoms with E-state index in [1.54, 1.807) is 0 Å². The van der Waals surface area contributed by atoms with Gasteiger partial charge in [-0.1, -0.05) is 0 Å². The Kier molecular flexibility index (Phi) is 3.16. The van der Waals surface area contributed by atoms with Crippen LogP contribution in [0.4, 0.5) is 8.78 Å². The van der Waals surface area contributed by atoms with Gasteiger partial charge in [0.05, 0.1) is 0 Å². The maximum atomic E-state index is 13.2. The molecule has 4 heteroatoms. The van der Waals surface area contributed by atoms with E-state index in [-0.39, 0.29) is 11.9 Å². The highest BCUT2D eigenvalue weighted by Gasteiger charge is 2.16. The number of hydrogen-bond acceptors (Lipinski definition) is 2. The van der Waals surface area contributed by atoms with Crippen molar-refractivity contribution in [3.8, 4) is 5.75 Å². The first kappa shape index (κ1) is 10.4. The first-order valence-corrected chi connectivity index (χ1v) is 5.08. The van der Waals surface area contributed by atoms with Crippen molar-refractivity contribution in [1.29, 1.82) is 0 Å². The van der Waals surface area contributed by atoms with Crippen LogP contribution in [-0.2, 0) is 0 Å². The van der Waals surface area contributed by atoms with Gasteiger partial charge in [0, 0.05) is 12.6 Å². The third kappa shape index (κ3) is 2.65. The van der Waals surface area contributed by atoms with Crippen LogP contribution >= 0.6 is 0 Å². The molecule has 2 nitrogen and oxygen atoms in total. The standard InChI is InChI=1S/C11H13F2NO/c12-8-3-4-11(10(13)6-8)15-9-2-1-5-14-7-9/h3-4,6,9,14H,1-2,5,7H2/t9-/m0/s1. The first-order valence-electron chi connectivity index (χ1n) is 5.08. The normalized spacial score (nSPS) is 21.3. The predicted octanol–water partition coefficient (Wildman–Crippen LogP) is 2.10. The minimum absolute atomic E-state index is 0.0151. The molecule has 15 heavy (non-hydrogen) atoms. The summed E-state index contributed by atoms with van der Waals surface area (Å²) in [6, 6.07) is 3.37. The molecule has 0 aromatic heterocycles. The summed E-state index contributed by atoms with van der Waals surface area (Å²) in [6.07, 6.45) is 1.91. The van der Waals surface area contributed by atoms with E-state index in [4.69, 9.17) is 4.74 Å². The lowest BCUT2D eigenvalue weighted by Gasteiger charge is -2.24. The highest BCUT2D eigenvalue weighted by Crippen LogP contribution is 2.20. The quantitative estimate of drug-likeness (QED) is 0.812. The summed E-state index contributed by atoms with van der Waals surface area (Å²) < 4.78 is 31.3. The van der Waals surface area contributed by atoms with E-state index in [2.05, 4.69) is 5.32 Å². The smallest absolute Gasteiger partial charge is 0.167 e. The van der Waals surface area contributed by atoms with Crippen LogP contribution < -0.4 is 10.1 Å². The molecule has 1 atom stereocenters. The molecule has 1 N–H and O–H groups in total. The molecule has 1 aromatic rings. The highest BCUT2D eigenvalue weighted by atomic mass is 19.1. The van der Waals surface area contributed by atoms with Gasteiger partial charge in [-0.05, 0) is 31.5 Å². The maximum Gasteiger partial charge on any atom is 0.167 e. The van der Waals surface area contributed by atoms with Crippen LogP contribution in [0.2, 0.25) is 0 Å². The number of nitrogens with one attached hydrogen (secondary N) is 1. The summed E-state index contributed by atoms with van der Waals surface area (Å²) >= 11 is 0. The Labute approximate surface area is 87.2 Å². The summed E-state index contributed by atoms with van der Waals surface area (Å²) in [5.74, 6) is -1.09. The van der Waals surface area contributed by atoms with Crippen molar-refractivity contribution in [2.45, 2.75) is 18.9 Å². The second-order valence-corrected chi connectivity index (χ2v) is 3.66. The second kappa shape index (κ2) is 4.57. The minimum atomic E-state index is -0.638. The Bertz CT molecular complexity index is 337. The van der Waals surface area contributed by atoms with Gasteiger partial charge in [-0.25, -0.2) is 8.78 Å². The van der Waals surface area contributed by atoms with Crippen LogP contribution in [0.3, 0.4) is 0 Å². The number of rotatable bonds is 2. The van der Waals surface area contributed by atoms with E-state index in [1.165, 1.54) is 12.1 Å². The van der Waals surface area contributed by atoms with Crippen LogP contribution in [0.1, 0.15) is 12.8 Å². The predicted molar refractivity (Wildman–Crippen MR) is 52.9 cm³/mol. The summed E-state index contributed by atoms with van der Waals surface area (Å²) in [4.78, 5) is 0. The van der Waals surface area contributed by atoms with Gasteiger partial charge < -0.3 is 10.1 Å². The second-order valence-electron chi connectivity index (χ2n) is 3.66. The summed E-state index contributed by atoms with van der Waals surface area (Å²) in [6.45, 7) is 1.70. The molecular formula is C11H13F2NO. The monoisotopic (exact) mass is 213 g/mol. The van der Waals surface area contributed by atoms with Crippen molar-refractivity contribution in [3.63, 3.8) is 0 Å². The van der Waals surface area contributed by atoms with Gasteiger partial charge in [-0.2, -0.15) is 0 Å². The van der Waals surface area contributed by atoms with E-state index < -0.39 is 11.6 Å². The molecule has 0 unspecified atom stereocenters. The Morgan fingerprint density at radius 2 is 2.20 bits per heavy atom. The average molecular weight is 213 g/mol. The fourth-order valence-corrected chi connectivity index (χ4v) is 1.67. The molecule has 0 saturated carbocycles. The lowest BCUT2D eigenvalue weighted by atomic mass is 10.1. The van der Waals surface area contributed by atoms with Gasteiger partial charge >= 0.3 is 0 Å². The van der Waals surface area contributed by atoms with Gasteiger partial charge in [0.1, 0.15) is 11.9 Å². The van der Waals surface area contributed by atoms with Crippen molar-refractivity contribution in [1.82, 2.24) is 5.32 Å². The number of ether oxygens (including phenoxy) is 1. The fourth-order valence-electron chi connectivity index (χ4n) is 1.67. The molecule has 0 spiro atoms. The summed E-state index contributed by atoms with van der Waals surface area (Å²) in [5.41, 5.74) is 0. The van der Waals surface area contributed by atoms with Crippen molar-refractivity contribution in [2.75, 3.05) is 13.1 Å². The molecule has 1 aromatic carbocycles. The molecule has 1 aliphatic heterocycles. The number of halogens is 2. The minimum Gasteiger partial charge on any atom is -0.486 e. The molecule has 1 heterocycles. The van der Waals surface area contributed by atoms with E-state index in [9.17, 15) is 8.78 Å². The molecule has 1 saturated heterocycles. The van der Waals surface area contributed by atoms with Gasteiger partial charge in [-0.3, -0.25) is 0 Å². The number of benzene rings is 1. The van der Waals surface area contributed by atoms with Crippen LogP contribution in [0.15, 0.2) is 18.2 Å². The third-order valence-electron chi connectivity index (χ3n) is 2.44. The van der Waals surface area contributed by atoms with Gasteiger partial charge in [-0.15, -0.1) is 0 Å². The van der Waals surface area contributed by atoms with Crippen LogP contribution in [0.25, 0.3) is 0 Å². The van der Waals surface area contributed by atoms with Gasteiger partial charge in [0.15, 0.2) is 11.6 Å². The van der Waals surface area contributed by atoms with Crippen LogP contribution in [0, 0.1) is 11.6 Å². The Balaban J connectivity index is 2.03. The topological polar surface area (TPSA) is 21.3 Å². The van der Waals surface area contributed by atoms with Gasteiger partial charge in [0.25, 0.3) is 0 Å². The van der Waals surface area contributed by atoms with Crippen molar-refractivity contribution in [3.05, 3.63) is 29.8 Å². The number of hydrogen-bond donors (Lipinski definition) is 1. The lowest BCUT2D eigenvalue weighted by molar-refractivity contribution is 0.160. The molecule has 1 aliphatic rings. The SMILES string of the molecule is Fc1ccc(O[C@H]2CCCNC2)c(F)c1. The lowest BCUT2D eigenvalue weighted by Crippen LogP contribution is -2.37. The molecule has 0 amide bonds. The van der Waals surface area contributed by atoms with E-state index in [1.807, 2.05) is 0 Å². The molecule has 0 radical (unpaired) electrons. The van der Waals surface area contributed by atoms with Crippen molar-refractivity contribution >= 4 is 0 Å². The molecule has 0 aliphatic carbocycles. The Morgan fingerprint density at radius 1 is 1.33 bits per heavy atom. The Morgan fingerprint density at radius 3 is 2.87 bits per heavy atom. The fraction of sp³-hybridized carbons (Fsp3) is 0.455. The third-order valence-corrected chi connectivity index (χ3v) is 2.44. The molecule has 1 fully saturated rings. The molecule has 0 bridgehead atoms. The molecular weight excluding hydrogens is 200 g/mol. The Hall–Kier alpha value is -1.16.